The van der Waals surface area contributed by atoms with E-state index in [1.165, 1.54) is 54.9 Å². The van der Waals surface area contributed by atoms with Crippen LogP contribution in [0.5, 0.6) is 5.75 Å². The van der Waals surface area contributed by atoms with Crippen molar-refractivity contribution in [3.8, 4) is 39.6 Å². The van der Waals surface area contributed by atoms with Gasteiger partial charge in [-0.2, -0.15) is 0 Å². The van der Waals surface area contributed by atoms with E-state index in [1.807, 2.05) is 6.07 Å². The van der Waals surface area contributed by atoms with Gasteiger partial charge in [-0.15, -0.1) is 0 Å². The van der Waals surface area contributed by atoms with E-state index in [0.29, 0.717) is 0 Å². The minimum absolute atomic E-state index is 0.0409. The summed E-state index contributed by atoms with van der Waals surface area (Å²) in [5, 5.41) is 4.77. The predicted molar refractivity (Wildman–Crippen MR) is 252 cm³/mol. The first-order valence-corrected chi connectivity index (χ1v) is 21.4. The fourth-order valence-electron chi connectivity index (χ4n) is 11.3. The highest BCUT2D eigenvalue weighted by Gasteiger charge is 2.56. The molecule has 1 spiro atoms. The largest absolute Gasteiger partial charge is 0.485 e. The summed E-state index contributed by atoms with van der Waals surface area (Å²) in [6, 6.07) is 65.8. The molecular weight excluding hydrogens is 757 g/mol. The van der Waals surface area contributed by atoms with E-state index in [-0.39, 0.29) is 12.0 Å². The molecule has 8 aromatic carbocycles. The van der Waals surface area contributed by atoms with E-state index in [1.54, 1.807) is 0 Å². The highest BCUT2D eigenvalue weighted by atomic mass is 16.5. The van der Waals surface area contributed by atoms with Gasteiger partial charge in [0.25, 0.3) is 0 Å². The minimum Gasteiger partial charge on any atom is -0.485 e. The monoisotopic (exact) mass is 792 g/mol. The molecule has 0 N–H and O–H groups in total. The van der Waals surface area contributed by atoms with Crippen molar-refractivity contribution < 1.29 is 4.74 Å². The van der Waals surface area contributed by atoms with E-state index in [0.717, 1.165) is 56.1 Å². The Balaban J connectivity index is 1.09. The van der Waals surface area contributed by atoms with Crippen LogP contribution in [-0.2, 0) is 5.41 Å². The molecule has 0 saturated carbocycles. The van der Waals surface area contributed by atoms with Crippen LogP contribution in [0.1, 0.15) is 16.7 Å². The lowest BCUT2D eigenvalue weighted by molar-refractivity contribution is 0.141. The summed E-state index contributed by atoms with van der Waals surface area (Å²) in [7, 11) is 0. The zero-order valence-electron chi connectivity index (χ0n) is 33.5. The Hall–Kier alpha value is -8.02. The number of benzene rings is 8. The SMILES string of the molecule is C1=CC2Oc3ccccc3C3(c4ccccc4-c4cc5c6ccccc6n(-c6nc7ccccc7nc6-c6ccc7c8ccccc8n(-c8ccccc8)c7c6)c5cc43)C2C=C1. The molecule has 3 atom stereocenters. The van der Waals surface area contributed by atoms with Crippen molar-refractivity contribution >= 4 is 54.6 Å². The van der Waals surface area contributed by atoms with E-state index in [2.05, 4.69) is 209 Å². The van der Waals surface area contributed by atoms with Gasteiger partial charge in [-0.1, -0.05) is 140 Å². The van der Waals surface area contributed by atoms with Crippen LogP contribution in [0.2, 0.25) is 0 Å². The number of para-hydroxylation sites is 6. The maximum Gasteiger partial charge on any atom is 0.165 e. The van der Waals surface area contributed by atoms with E-state index >= 15 is 0 Å². The first-order chi connectivity index (χ1) is 30.8. The first kappa shape index (κ1) is 33.8. The summed E-state index contributed by atoms with van der Waals surface area (Å²) in [4.78, 5) is 11.1. The van der Waals surface area contributed by atoms with Crippen LogP contribution in [-0.4, -0.2) is 25.2 Å². The normalized spacial score (nSPS) is 18.4. The van der Waals surface area contributed by atoms with Crippen LogP contribution >= 0.6 is 0 Å². The van der Waals surface area contributed by atoms with Gasteiger partial charge < -0.3 is 9.30 Å². The summed E-state index contributed by atoms with van der Waals surface area (Å²) in [6.07, 6.45) is 8.80. The summed E-state index contributed by atoms with van der Waals surface area (Å²) < 4.78 is 11.6. The zero-order valence-corrected chi connectivity index (χ0v) is 33.5. The molecule has 0 saturated heterocycles. The lowest BCUT2D eigenvalue weighted by Gasteiger charge is -2.47. The second-order valence-corrected chi connectivity index (χ2v) is 16.8. The van der Waals surface area contributed by atoms with Gasteiger partial charge in [0.2, 0.25) is 0 Å². The maximum absolute atomic E-state index is 6.81. The molecule has 14 rings (SSSR count). The number of allylic oxidation sites excluding steroid dienone is 2. The quantitative estimate of drug-likeness (QED) is 0.179. The summed E-state index contributed by atoms with van der Waals surface area (Å²) in [5.41, 5.74) is 15.0. The van der Waals surface area contributed by atoms with Crippen molar-refractivity contribution in [2.75, 3.05) is 0 Å². The number of aromatic nitrogens is 4. The second kappa shape index (κ2) is 12.5. The molecule has 290 valence electrons. The van der Waals surface area contributed by atoms with E-state index < -0.39 is 5.41 Å². The summed E-state index contributed by atoms with van der Waals surface area (Å²) in [6.45, 7) is 0. The molecule has 62 heavy (non-hydrogen) atoms. The van der Waals surface area contributed by atoms with Crippen molar-refractivity contribution in [3.63, 3.8) is 0 Å². The lowest BCUT2D eigenvalue weighted by atomic mass is 9.60. The molecule has 2 aliphatic carbocycles. The van der Waals surface area contributed by atoms with Crippen LogP contribution in [0.25, 0.3) is 88.5 Å². The third-order valence-electron chi connectivity index (χ3n) is 13.8. The maximum atomic E-state index is 6.81. The van der Waals surface area contributed by atoms with Crippen molar-refractivity contribution in [1.82, 2.24) is 19.1 Å². The molecule has 1 aliphatic heterocycles. The van der Waals surface area contributed by atoms with Gasteiger partial charge in [0.15, 0.2) is 5.82 Å². The number of hydrogen-bond donors (Lipinski definition) is 0. The van der Waals surface area contributed by atoms with Gasteiger partial charge >= 0.3 is 0 Å². The molecule has 3 unspecified atom stereocenters. The van der Waals surface area contributed by atoms with Crippen LogP contribution in [0.15, 0.2) is 206 Å². The number of rotatable bonds is 3. The molecule has 0 bridgehead atoms. The van der Waals surface area contributed by atoms with Gasteiger partial charge in [0.1, 0.15) is 17.5 Å². The molecule has 0 radical (unpaired) electrons. The zero-order chi connectivity index (χ0) is 40.5. The molecule has 0 amide bonds. The van der Waals surface area contributed by atoms with Crippen molar-refractivity contribution in [2.45, 2.75) is 11.5 Å². The van der Waals surface area contributed by atoms with Crippen LogP contribution in [0.3, 0.4) is 0 Å². The van der Waals surface area contributed by atoms with Crippen LogP contribution < -0.4 is 4.74 Å². The third-order valence-corrected chi connectivity index (χ3v) is 13.8. The van der Waals surface area contributed by atoms with Gasteiger partial charge in [-0.25, -0.2) is 9.97 Å². The molecular formula is C57H36N4O. The molecule has 5 nitrogen and oxygen atoms in total. The van der Waals surface area contributed by atoms with Crippen molar-refractivity contribution in [2.24, 2.45) is 5.92 Å². The Labute approximate surface area is 357 Å². The molecule has 4 heterocycles. The van der Waals surface area contributed by atoms with Gasteiger partial charge in [0.05, 0.1) is 38.5 Å². The van der Waals surface area contributed by atoms with Gasteiger partial charge in [-0.3, -0.25) is 4.57 Å². The Morgan fingerprint density at radius 3 is 1.95 bits per heavy atom. The Bertz CT molecular complexity index is 3760. The van der Waals surface area contributed by atoms with E-state index in [4.69, 9.17) is 14.7 Å². The van der Waals surface area contributed by atoms with Crippen molar-refractivity contribution in [3.05, 3.63) is 223 Å². The Morgan fingerprint density at radius 2 is 1.10 bits per heavy atom. The van der Waals surface area contributed by atoms with Crippen molar-refractivity contribution in [1.29, 1.82) is 0 Å². The molecule has 0 fully saturated rings. The first-order valence-electron chi connectivity index (χ1n) is 21.4. The second-order valence-electron chi connectivity index (χ2n) is 16.8. The topological polar surface area (TPSA) is 44.9 Å². The highest BCUT2D eigenvalue weighted by Crippen LogP contribution is 2.62. The minimum atomic E-state index is -0.490. The van der Waals surface area contributed by atoms with Gasteiger partial charge in [0, 0.05) is 44.3 Å². The number of nitrogens with zero attached hydrogens (tertiary/aromatic N) is 4. The number of ether oxygens (including phenoxy) is 1. The summed E-state index contributed by atoms with van der Waals surface area (Å²) in [5.74, 6) is 1.77. The molecule has 3 aromatic heterocycles. The fraction of sp³-hybridized carbons (Fsp3) is 0.0526. The standard InChI is InChI=1S/C57H36N4O/c1-2-16-36(17-3-1)60-49-26-12-5-19-38(49)40-31-30-35(32-51(40)60)55-56(59-48-25-11-10-24-47(48)58-55)61-50-27-13-6-20-39(50)42-33-41-37-18-4-7-21-43(37)57(46(41)34-52(42)61)44-22-8-14-28-53(44)62-54-29-15-9-23-45(54)57/h1-34,44,53H. The third kappa shape index (κ3) is 4.41. The highest BCUT2D eigenvalue weighted by molar-refractivity contribution is 6.13. The lowest BCUT2D eigenvalue weighted by Crippen LogP contribution is -2.47. The Kier molecular flexibility index (Phi) is 6.81. The fourth-order valence-corrected chi connectivity index (χ4v) is 11.3. The average Bonchev–Trinajstić information content (AvgIpc) is 3.94. The predicted octanol–water partition coefficient (Wildman–Crippen LogP) is 13.3. The number of hydrogen-bond acceptors (Lipinski definition) is 3. The molecule has 3 aliphatic rings. The summed E-state index contributed by atoms with van der Waals surface area (Å²) >= 11 is 0. The van der Waals surface area contributed by atoms with Crippen LogP contribution in [0, 0.1) is 5.92 Å². The van der Waals surface area contributed by atoms with E-state index in [9.17, 15) is 0 Å². The van der Waals surface area contributed by atoms with Gasteiger partial charge in [-0.05, 0) is 89.0 Å². The Morgan fingerprint density at radius 1 is 0.452 bits per heavy atom. The smallest absolute Gasteiger partial charge is 0.165 e. The van der Waals surface area contributed by atoms with Crippen LogP contribution in [0.4, 0.5) is 0 Å². The molecule has 5 heteroatoms. The average molecular weight is 793 g/mol. The molecule has 11 aromatic rings. The number of fused-ring (bicyclic) bond motifs is 16.